The van der Waals surface area contributed by atoms with Crippen LogP contribution in [0.5, 0.6) is 0 Å². The number of furan rings is 1. The summed E-state index contributed by atoms with van der Waals surface area (Å²) >= 11 is 0. The van der Waals surface area contributed by atoms with Gasteiger partial charge in [0.2, 0.25) is 11.8 Å². The van der Waals surface area contributed by atoms with Crippen LogP contribution in [0, 0.1) is 6.92 Å². The molecule has 0 aliphatic heterocycles. The zero-order chi connectivity index (χ0) is 18.2. The molecule has 1 heterocycles. The predicted octanol–water partition coefficient (Wildman–Crippen LogP) is 1.81. The summed E-state index contributed by atoms with van der Waals surface area (Å²) in [7, 11) is 1.55. The second kappa shape index (κ2) is 8.68. The van der Waals surface area contributed by atoms with E-state index in [4.69, 9.17) is 4.42 Å². The van der Waals surface area contributed by atoms with Crippen LogP contribution in [0.3, 0.4) is 0 Å². The number of nitrogens with one attached hydrogen (secondary N) is 2. The van der Waals surface area contributed by atoms with E-state index >= 15 is 0 Å². The zero-order valence-electron chi connectivity index (χ0n) is 14.2. The second-order valence-corrected chi connectivity index (χ2v) is 5.65. The molecule has 2 aromatic rings. The maximum absolute atomic E-state index is 12.0. The van der Waals surface area contributed by atoms with Gasteiger partial charge >= 0.3 is 0 Å². The third-order valence-corrected chi connectivity index (χ3v) is 3.51. The summed E-state index contributed by atoms with van der Waals surface area (Å²) in [5.41, 5.74) is 1.78. The van der Waals surface area contributed by atoms with E-state index in [1.54, 1.807) is 31.3 Å². The normalized spacial score (nSPS) is 10.2. The summed E-state index contributed by atoms with van der Waals surface area (Å²) in [6.07, 6.45) is 1.50. The van der Waals surface area contributed by atoms with Crippen molar-refractivity contribution in [2.45, 2.75) is 13.3 Å². The zero-order valence-corrected chi connectivity index (χ0v) is 14.2. The van der Waals surface area contributed by atoms with Crippen molar-refractivity contribution in [3.63, 3.8) is 0 Å². The number of hydrogen-bond acceptors (Lipinski definition) is 4. The standard InChI is InChI=1S/C18H21N3O4/c1-13-5-7-14(8-6-13)20-16(22)12-21(2)17(23)9-10-19-18(24)15-4-3-11-25-15/h3-8,11H,9-10,12H2,1-2H3,(H,19,24)(H,20,22). The van der Waals surface area contributed by atoms with Crippen LogP contribution in [-0.2, 0) is 9.59 Å². The van der Waals surface area contributed by atoms with Gasteiger partial charge in [0.05, 0.1) is 12.8 Å². The van der Waals surface area contributed by atoms with Crippen molar-refractivity contribution in [1.29, 1.82) is 0 Å². The molecule has 7 heteroatoms. The van der Waals surface area contributed by atoms with Gasteiger partial charge in [-0.2, -0.15) is 0 Å². The van der Waals surface area contributed by atoms with Crippen LogP contribution in [-0.4, -0.2) is 42.8 Å². The van der Waals surface area contributed by atoms with Crippen LogP contribution in [0.1, 0.15) is 22.5 Å². The van der Waals surface area contributed by atoms with Gasteiger partial charge in [-0.3, -0.25) is 14.4 Å². The number of aryl methyl sites for hydroxylation is 1. The molecule has 1 aromatic carbocycles. The number of anilines is 1. The first-order chi connectivity index (χ1) is 12.0. The van der Waals surface area contributed by atoms with Gasteiger partial charge in [-0.1, -0.05) is 17.7 Å². The van der Waals surface area contributed by atoms with E-state index in [0.717, 1.165) is 5.56 Å². The van der Waals surface area contributed by atoms with Gasteiger partial charge in [-0.15, -0.1) is 0 Å². The van der Waals surface area contributed by atoms with Crippen molar-refractivity contribution in [2.24, 2.45) is 0 Å². The van der Waals surface area contributed by atoms with E-state index < -0.39 is 0 Å². The molecule has 0 saturated heterocycles. The fourth-order valence-corrected chi connectivity index (χ4v) is 2.11. The molecule has 0 radical (unpaired) electrons. The van der Waals surface area contributed by atoms with Crippen molar-refractivity contribution >= 4 is 23.4 Å². The van der Waals surface area contributed by atoms with Crippen LogP contribution in [0.25, 0.3) is 0 Å². The van der Waals surface area contributed by atoms with Crippen LogP contribution in [0.2, 0.25) is 0 Å². The number of likely N-dealkylation sites (N-methyl/N-ethyl adjacent to an activating group) is 1. The lowest BCUT2D eigenvalue weighted by Crippen LogP contribution is -2.37. The summed E-state index contributed by atoms with van der Waals surface area (Å²) in [4.78, 5) is 37.0. The smallest absolute Gasteiger partial charge is 0.286 e. The van der Waals surface area contributed by atoms with Crippen LogP contribution in [0.15, 0.2) is 47.1 Å². The Morgan fingerprint density at radius 2 is 1.84 bits per heavy atom. The highest BCUT2D eigenvalue weighted by Gasteiger charge is 2.14. The van der Waals surface area contributed by atoms with Gasteiger partial charge in [0, 0.05) is 25.7 Å². The average molecular weight is 343 g/mol. The number of rotatable bonds is 7. The van der Waals surface area contributed by atoms with E-state index in [9.17, 15) is 14.4 Å². The molecule has 0 aliphatic carbocycles. The average Bonchev–Trinajstić information content (AvgIpc) is 3.11. The fourth-order valence-electron chi connectivity index (χ4n) is 2.11. The third-order valence-electron chi connectivity index (χ3n) is 3.51. The Balaban J connectivity index is 1.71. The number of carbonyl (C=O) groups excluding carboxylic acids is 3. The number of hydrogen-bond donors (Lipinski definition) is 2. The lowest BCUT2D eigenvalue weighted by molar-refractivity contribution is -0.133. The lowest BCUT2D eigenvalue weighted by atomic mass is 10.2. The summed E-state index contributed by atoms with van der Waals surface area (Å²) in [6, 6.07) is 10.6. The van der Waals surface area contributed by atoms with Crippen molar-refractivity contribution in [3.05, 3.63) is 54.0 Å². The van der Waals surface area contributed by atoms with Crippen LogP contribution < -0.4 is 10.6 Å². The Hall–Kier alpha value is -3.09. The van der Waals surface area contributed by atoms with E-state index in [2.05, 4.69) is 10.6 Å². The quantitative estimate of drug-likeness (QED) is 0.802. The SMILES string of the molecule is Cc1ccc(NC(=O)CN(C)C(=O)CCNC(=O)c2ccco2)cc1. The summed E-state index contributed by atoms with van der Waals surface area (Å²) in [5.74, 6) is -0.700. The molecule has 0 unspecified atom stereocenters. The van der Waals surface area contributed by atoms with Gasteiger partial charge in [0.25, 0.3) is 5.91 Å². The molecule has 7 nitrogen and oxygen atoms in total. The molecule has 1 aromatic heterocycles. The van der Waals surface area contributed by atoms with Crippen molar-refractivity contribution < 1.29 is 18.8 Å². The van der Waals surface area contributed by atoms with Crippen molar-refractivity contribution in [1.82, 2.24) is 10.2 Å². The highest BCUT2D eigenvalue weighted by atomic mass is 16.3. The Morgan fingerprint density at radius 1 is 1.12 bits per heavy atom. The highest BCUT2D eigenvalue weighted by Crippen LogP contribution is 2.08. The molecule has 25 heavy (non-hydrogen) atoms. The second-order valence-electron chi connectivity index (χ2n) is 5.65. The summed E-state index contributed by atoms with van der Waals surface area (Å²) in [5, 5.41) is 5.32. The van der Waals surface area contributed by atoms with E-state index in [1.807, 2.05) is 19.1 Å². The first-order valence-corrected chi connectivity index (χ1v) is 7.88. The van der Waals surface area contributed by atoms with Crippen molar-refractivity contribution in [3.8, 4) is 0 Å². The third kappa shape index (κ3) is 5.80. The van der Waals surface area contributed by atoms with E-state index in [1.165, 1.54) is 11.2 Å². The molecule has 0 atom stereocenters. The topological polar surface area (TPSA) is 91.7 Å². The molecular formula is C18H21N3O4. The molecule has 0 bridgehead atoms. The van der Waals surface area contributed by atoms with Crippen LogP contribution >= 0.6 is 0 Å². The molecule has 132 valence electrons. The first-order valence-electron chi connectivity index (χ1n) is 7.88. The maximum atomic E-state index is 12.0. The van der Waals surface area contributed by atoms with E-state index in [0.29, 0.717) is 5.69 Å². The summed E-state index contributed by atoms with van der Waals surface area (Å²) in [6.45, 7) is 2.07. The fraction of sp³-hybridized carbons (Fsp3) is 0.278. The Labute approximate surface area is 146 Å². The highest BCUT2D eigenvalue weighted by molar-refractivity contribution is 5.94. The number of amides is 3. The van der Waals surface area contributed by atoms with Gasteiger partial charge in [-0.05, 0) is 31.2 Å². The molecule has 3 amide bonds. The van der Waals surface area contributed by atoms with Crippen LogP contribution in [0.4, 0.5) is 5.69 Å². The maximum Gasteiger partial charge on any atom is 0.286 e. The first kappa shape index (κ1) is 18.3. The monoisotopic (exact) mass is 343 g/mol. The molecule has 0 fully saturated rings. The van der Waals surface area contributed by atoms with Gasteiger partial charge in [0.1, 0.15) is 0 Å². The molecule has 0 saturated carbocycles. The largest absolute Gasteiger partial charge is 0.459 e. The predicted molar refractivity (Wildman–Crippen MR) is 93.1 cm³/mol. The minimum atomic E-state index is -0.377. The Bertz CT molecular complexity index is 723. The lowest BCUT2D eigenvalue weighted by Gasteiger charge is -2.17. The Kier molecular flexibility index (Phi) is 6.33. The molecular weight excluding hydrogens is 322 g/mol. The van der Waals surface area contributed by atoms with Gasteiger partial charge in [-0.25, -0.2) is 0 Å². The number of benzene rings is 1. The summed E-state index contributed by atoms with van der Waals surface area (Å²) < 4.78 is 4.96. The van der Waals surface area contributed by atoms with Gasteiger partial charge < -0.3 is 20.0 Å². The molecule has 2 N–H and O–H groups in total. The number of carbonyl (C=O) groups is 3. The van der Waals surface area contributed by atoms with Gasteiger partial charge in [0.15, 0.2) is 5.76 Å². The number of nitrogens with zero attached hydrogens (tertiary/aromatic N) is 1. The molecule has 0 aliphatic rings. The molecule has 0 spiro atoms. The Morgan fingerprint density at radius 3 is 2.48 bits per heavy atom. The minimum absolute atomic E-state index is 0.0567. The minimum Gasteiger partial charge on any atom is -0.459 e. The van der Waals surface area contributed by atoms with Crippen molar-refractivity contribution in [2.75, 3.05) is 25.5 Å². The molecule has 2 rings (SSSR count). The van der Waals surface area contributed by atoms with E-state index in [-0.39, 0.29) is 43.0 Å².